The third kappa shape index (κ3) is 2.36. The van der Waals surface area contributed by atoms with Gasteiger partial charge in [0.1, 0.15) is 23.2 Å². The van der Waals surface area contributed by atoms with E-state index in [0.29, 0.717) is 5.75 Å². The Kier molecular flexibility index (Phi) is 3.85. The largest absolute Gasteiger partial charge is 0.477 e. The first kappa shape index (κ1) is 17.1. The molecule has 0 aromatic heterocycles. The molecule has 0 spiro atoms. The van der Waals surface area contributed by atoms with Gasteiger partial charge in [-0.3, -0.25) is 19.8 Å². The SMILES string of the molecule is CC1(C)NC(c2ccccc2)C(=O)N1[C@@H]1C(=O)N2C(C(=O)O)=CCS[C@@H]12. The minimum absolute atomic E-state index is 0.00650. The van der Waals surface area contributed by atoms with Gasteiger partial charge in [0, 0.05) is 5.75 Å². The Morgan fingerprint density at radius 2 is 1.92 bits per heavy atom. The Bertz CT molecular complexity index is 823. The lowest BCUT2D eigenvalue weighted by atomic mass is 10.00. The van der Waals surface area contributed by atoms with Crippen LogP contribution in [0.15, 0.2) is 42.1 Å². The molecule has 2 N–H and O–H groups in total. The topological polar surface area (TPSA) is 90.0 Å². The van der Waals surface area contributed by atoms with Crippen molar-refractivity contribution in [2.45, 2.75) is 37.0 Å². The van der Waals surface area contributed by atoms with E-state index in [-0.39, 0.29) is 22.9 Å². The van der Waals surface area contributed by atoms with Crippen LogP contribution >= 0.6 is 11.8 Å². The third-order valence-electron chi connectivity index (χ3n) is 5.03. The van der Waals surface area contributed by atoms with Crippen molar-refractivity contribution in [2.75, 3.05) is 5.75 Å². The number of carboxylic acids is 1. The number of nitrogens with one attached hydrogen (secondary N) is 1. The van der Waals surface area contributed by atoms with Crippen molar-refractivity contribution in [1.82, 2.24) is 15.1 Å². The highest BCUT2D eigenvalue weighted by Gasteiger charge is 2.61. The van der Waals surface area contributed by atoms with Gasteiger partial charge in [-0.05, 0) is 25.5 Å². The Labute approximate surface area is 155 Å². The van der Waals surface area contributed by atoms with Gasteiger partial charge in [0.05, 0.1) is 5.66 Å². The third-order valence-corrected chi connectivity index (χ3v) is 6.20. The Morgan fingerprint density at radius 3 is 2.58 bits per heavy atom. The molecule has 0 aliphatic carbocycles. The van der Waals surface area contributed by atoms with E-state index in [4.69, 9.17) is 0 Å². The summed E-state index contributed by atoms with van der Waals surface area (Å²) >= 11 is 1.48. The maximum atomic E-state index is 13.1. The summed E-state index contributed by atoms with van der Waals surface area (Å²) in [5.41, 5.74) is 0.140. The fourth-order valence-corrected chi connectivity index (χ4v) is 5.12. The van der Waals surface area contributed by atoms with Crippen molar-refractivity contribution < 1.29 is 19.5 Å². The van der Waals surface area contributed by atoms with E-state index in [1.807, 2.05) is 44.2 Å². The van der Waals surface area contributed by atoms with Crippen molar-refractivity contribution in [3.8, 4) is 0 Å². The smallest absolute Gasteiger partial charge is 0.352 e. The highest BCUT2D eigenvalue weighted by Crippen LogP contribution is 2.44. The molecule has 0 radical (unpaired) electrons. The van der Waals surface area contributed by atoms with Crippen molar-refractivity contribution in [3.05, 3.63) is 47.7 Å². The van der Waals surface area contributed by atoms with Gasteiger partial charge in [0.2, 0.25) is 5.91 Å². The van der Waals surface area contributed by atoms with E-state index >= 15 is 0 Å². The quantitative estimate of drug-likeness (QED) is 0.773. The normalized spacial score (nSPS) is 29.9. The molecule has 0 bridgehead atoms. The van der Waals surface area contributed by atoms with Gasteiger partial charge in [-0.1, -0.05) is 30.3 Å². The molecule has 4 rings (SSSR count). The number of thioether (sulfide) groups is 1. The van der Waals surface area contributed by atoms with Crippen LogP contribution in [0.3, 0.4) is 0 Å². The summed E-state index contributed by atoms with van der Waals surface area (Å²) in [6.07, 6.45) is 1.54. The number of carbonyl (C=O) groups excluding carboxylic acids is 2. The van der Waals surface area contributed by atoms with Gasteiger partial charge in [-0.15, -0.1) is 11.8 Å². The molecule has 2 amide bonds. The molecule has 3 aliphatic heterocycles. The minimum atomic E-state index is -1.12. The molecule has 3 heterocycles. The number of nitrogens with zero attached hydrogens (tertiary/aromatic N) is 2. The number of carbonyl (C=O) groups is 3. The zero-order chi connectivity index (χ0) is 18.6. The number of carboxylic acid groups (broad SMARTS) is 1. The van der Waals surface area contributed by atoms with Crippen LogP contribution in [0.1, 0.15) is 25.5 Å². The van der Waals surface area contributed by atoms with Crippen LogP contribution in [0, 0.1) is 0 Å². The first-order valence-corrected chi connectivity index (χ1v) is 9.42. The van der Waals surface area contributed by atoms with Crippen LogP contribution in [0.5, 0.6) is 0 Å². The van der Waals surface area contributed by atoms with Gasteiger partial charge < -0.3 is 10.0 Å². The monoisotopic (exact) mass is 373 g/mol. The molecule has 26 heavy (non-hydrogen) atoms. The van der Waals surface area contributed by atoms with Crippen molar-refractivity contribution in [2.24, 2.45) is 0 Å². The van der Waals surface area contributed by atoms with Gasteiger partial charge in [0.15, 0.2) is 0 Å². The van der Waals surface area contributed by atoms with E-state index < -0.39 is 23.7 Å². The molecule has 136 valence electrons. The fraction of sp³-hybridized carbons (Fsp3) is 0.389. The number of rotatable bonds is 3. The molecule has 2 fully saturated rings. The summed E-state index contributed by atoms with van der Waals surface area (Å²) in [7, 11) is 0. The predicted octanol–water partition coefficient (Wildman–Crippen LogP) is 1.15. The van der Waals surface area contributed by atoms with E-state index in [1.54, 1.807) is 11.0 Å². The summed E-state index contributed by atoms with van der Waals surface area (Å²) in [6.45, 7) is 3.73. The van der Waals surface area contributed by atoms with Crippen molar-refractivity contribution >= 4 is 29.5 Å². The number of β-lactam (4-membered cyclic amide) rings is 1. The first-order chi connectivity index (χ1) is 12.3. The fourth-order valence-electron chi connectivity index (χ4n) is 3.88. The van der Waals surface area contributed by atoms with Crippen LogP contribution in [0.4, 0.5) is 0 Å². The number of hydrogen-bond donors (Lipinski definition) is 2. The number of hydrogen-bond acceptors (Lipinski definition) is 5. The van der Waals surface area contributed by atoms with Gasteiger partial charge in [0.25, 0.3) is 5.91 Å². The second-order valence-corrected chi connectivity index (χ2v) is 8.18. The number of benzene rings is 1. The molecular weight excluding hydrogens is 354 g/mol. The van der Waals surface area contributed by atoms with E-state index in [1.165, 1.54) is 16.7 Å². The molecule has 1 aromatic carbocycles. The highest BCUT2D eigenvalue weighted by molar-refractivity contribution is 8.00. The van der Waals surface area contributed by atoms with Crippen molar-refractivity contribution in [3.63, 3.8) is 0 Å². The summed E-state index contributed by atoms with van der Waals surface area (Å²) in [5.74, 6) is -1.11. The lowest BCUT2D eigenvalue weighted by Crippen LogP contribution is -2.73. The standard InChI is InChI=1S/C18H19N3O4S/c1-18(2)19-12(10-6-4-3-5-7-10)14(22)21(18)13-15(23)20-11(17(24)25)8-9-26-16(13)20/h3-8,12-13,16,19H,9H2,1-2H3,(H,24,25)/t12?,13-,16+/m1/s1. The number of aliphatic carboxylic acids is 1. The average molecular weight is 373 g/mol. The average Bonchev–Trinajstić information content (AvgIpc) is 2.85. The predicted molar refractivity (Wildman–Crippen MR) is 95.8 cm³/mol. The maximum absolute atomic E-state index is 13.1. The summed E-state index contributed by atoms with van der Waals surface area (Å²) in [6, 6.07) is 8.21. The van der Waals surface area contributed by atoms with E-state index in [9.17, 15) is 19.5 Å². The Hall–Kier alpha value is -2.32. The highest BCUT2D eigenvalue weighted by atomic mass is 32.2. The van der Waals surface area contributed by atoms with E-state index in [0.717, 1.165) is 5.56 Å². The van der Waals surface area contributed by atoms with Crippen molar-refractivity contribution in [1.29, 1.82) is 0 Å². The lowest BCUT2D eigenvalue weighted by Gasteiger charge is -2.53. The molecule has 1 aromatic rings. The minimum Gasteiger partial charge on any atom is -0.477 e. The zero-order valence-electron chi connectivity index (χ0n) is 14.4. The number of amides is 2. The molecule has 7 nitrogen and oxygen atoms in total. The molecule has 3 atom stereocenters. The first-order valence-electron chi connectivity index (χ1n) is 8.37. The van der Waals surface area contributed by atoms with Crippen LogP contribution in [0.2, 0.25) is 0 Å². The van der Waals surface area contributed by atoms with Gasteiger partial charge in [-0.2, -0.15) is 0 Å². The lowest BCUT2D eigenvalue weighted by molar-refractivity contribution is -0.162. The summed E-state index contributed by atoms with van der Waals surface area (Å²) < 4.78 is 0. The van der Waals surface area contributed by atoms with Gasteiger partial charge in [-0.25, -0.2) is 4.79 Å². The van der Waals surface area contributed by atoms with Gasteiger partial charge >= 0.3 is 5.97 Å². The van der Waals surface area contributed by atoms with Crippen LogP contribution in [-0.4, -0.2) is 55.5 Å². The maximum Gasteiger partial charge on any atom is 0.352 e. The van der Waals surface area contributed by atoms with E-state index in [2.05, 4.69) is 5.32 Å². The summed E-state index contributed by atoms with van der Waals surface area (Å²) in [5, 5.41) is 12.3. The number of fused-ring (bicyclic) bond motifs is 1. The molecule has 3 aliphatic rings. The van der Waals surface area contributed by atoms with Crippen LogP contribution < -0.4 is 5.32 Å². The second-order valence-electron chi connectivity index (χ2n) is 7.03. The molecular formula is C18H19N3O4S. The van der Waals surface area contributed by atoms with Crippen LogP contribution in [-0.2, 0) is 14.4 Å². The second kappa shape index (κ2) is 5.85. The molecule has 0 saturated carbocycles. The molecule has 2 saturated heterocycles. The Morgan fingerprint density at radius 1 is 1.23 bits per heavy atom. The zero-order valence-corrected chi connectivity index (χ0v) is 15.2. The molecule has 1 unspecified atom stereocenters. The molecule has 8 heteroatoms. The summed E-state index contributed by atoms with van der Waals surface area (Å²) in [4.78, 5) is 40.2. The van der Waals surface area contributed by atoms with Crippen LogP contribution in [0.25, 0.3) is 0 Å². The Balaban J connectivity index is 1.64.